The van der Waals surface area contributed by atoms with E-state index in [1.165, 1.54) is 5.56 Å². The van der Waals surface area contributed by atoms with Gasteiger partial charge in [0.25, 0.3) is 0 Å². The first-order valence-corrected chi connectivity index (χ1v) is 5.98. The van der Waals surface area contributed by atoms with Crippen LogP contribution in [0.2, 0.25) is 0 Å². The quantitative estimate of drug-likeness (QED) is 0.508. The molecule has 0 spiro atoms. The van der Waals surface area contributed by atoms with Crippen LogP contribution >= 0.6 is 0 Å². The third-order valence-electron chi connectivity index (χ3n) is 1.90. The van der Waals surface area contributed by atoms with Gasteiger partial charge in [-0.05, 0) is 0 Å². The van der Waals surface area contributed by atoms with Gasteiger partial charge in [-0.1, -0.05) is 0 Å². The number of hydrogen-bond acceptors (Lipinski definition) is 1. The first kappa shape index (κ1) is 12.3. The molecule has 0 amide bonds. The number of hydrogen-bond donors (Lipinski definition) is 1. The van der Waals surface area contributed by atoms with Crippen molar-refractivity contribution in [1.82, 2.24) is 0 Å². The van der Waals surface area contributed by atoms with E-state index in [2.05, 4.69) is 71.4 Å². The molecule has 0 aromatic heterocycles. The number of aliphatic imine (C=N–C) groups is 1. The predicted molar refractivity (Wildman–Crippen MR) is 67.7 cm³/mol. The molecule has 1 aromatic carbocycles. The second kappa shape index (κ2) is 5.94. The van der Waals surface area contributed by atoms with Gasteiger partial charge in [0, 0.05) is 0 Å². The number of nitrogens with one attached hydrogen (secondary N) is 1. The minimum atomic E-state index is 0.591. The van der Waals surface area contributed by atoms with Crippen LogP contribution in [0.5, 0.6) is 0 Å². The molecule has 1 N–H and O–H groups in total. The van der Waals surface area contributed by atoms with Crippen LogP contribution in [0.1, 0.15) is 19.4 Å². The first-order valence-electron chi connectivity index (χ1n) is 5.13. The van der Waals surface area contributed by atoms with Crippen LogP contribution in [-0.2, 0) is 0 Å². The number of benzene rings is 1. The monoisotopic (exact) mass is 269 g/mol. The number of aryl methyl sites for hydroxylation is 1. The molecule has 0 atom stereocenters. The number of amidine groups is 1. The van der Waals surface area contributed by atoms with Crippen molar-refractivity contribution in [2.24, 2.45) is 10.9 Å². The summed E-state index contributed by atoms with van der Waals surface area (Å²) >= 11 is 2.93. The molecule has 0 saturated heterocycles. The molecule has 15 heavy (non-hydrogen) atoms. The van der Waals surface area contributed by atoms with Gasteiger partial charge in [-0.3, -0.25) is 0 Å². The summed E-state index contributed by atoms with van der Waals surface area (Å²) in [5, 5.41) is 3.22. The summed E-state index contributed by atoms with van der Waals surface area (Å²) in [7, 11) is 0. The van der Waals surface area contributed by atoms with Crippen molar-refractivity contribution in [3.63, 3.8) is 0 Å². The Hall–Kier alpha value is -0.791. The molecule has 0 aliphatic carbocycles. The second-order valence-corrected chi connectivity index (χ2v) is 4.84. The normalized spacial score (nSPS) is 11.9. The Morgan fingerprint density at radius 1 is 1.33 bits per heavy atom. The van der Waals surface area contributed by atoms with E-state index in [0.717, 1.165) is 17.0 Å². The van der Waals surface area contributed by atoms with Gasteiger partial charge in [-0.25, -0.2) is 0 Å². The van der Waals surface area contributed by atoms with Gasteiger partial charge >= 0.3 is 99.8 Å². The third-order valence-corrected chi connectivity index (χ3v) is 2.39. The molecule has 0 saturated carbocycles. The summed E-state index contributed by atoms with van der Waals surface area (Å²) in [6.07, 6.45) is 0. The fraction of sp³-hybridized carbons (Fsp3) is 0.417. The van der Waals surface area contributed by atoms with Crippen molar-refractivity contribution in [1.29, 1.82) is 0 Å². The van der Waals surface area contributed by atoms with E-state index in [1.54, 1.807) is 0 Å². The molecule has 0 heterocycles. The molecule has 1 rings (SSSR count). The molecule has 0 aliphatic rings. The van der Waals surface area contributed by atoms with E-state index in [4.69, 9.17) is 0 Å². The molecule has 3 heteroatoms. The predicted octanol–water partition coefficient (Wildman–Crippen LogP) is 2.59. The Kier molecular flexibility index (Phi) is 4.86. The maximum atomic E-state index is 4.39. The molecule has 81 valence electrons. The van der Waals surface area contributed by atoms with Crippen molar-refractivity contribution in [3.05, 3.63) is 29.8 Å². The number of rotatable bonds is 3. The molecule has 0 bridgehead atoms. The summed E-state index contributed by atoms with van der Waals surface area (Å²) in [5.41, 5.74) is 2.34. The fourth-order valence-corrected chi connectivity index (χ4v) is 1.47. The van der Waals surface area contributed by atoms with E-state index < -0.39 is 0 Å². The molecule has 0 unspecified atom stereocenters. The van der Waals surface area contributed by atoms with Crippen molar-refractivity contribution < 1.29 is 0 Å². The van der Waals surface area contributed by atoms with Gasteiger partial charge in [0.05, 0.1) is 0 Å². The van der Waals surface area contributed by atoms with E-state index in [9.17, 15) is 0 Å². The standard InChI is InChI=1S/C12H17N2Se/c1-9(2)8-13-12(15)14-11-6-4-10(3)5-7-11/h4-7,9H,8H2,1-3H3,(H,13,14). The molecule has 1 aromatic rings. The molecular weight excluding hydrogens is 251 g/mol. The van der Waals surface area contributed by atoms with Crippen molar-refractivity contribution in [2.45, 2.75) is 20.8 Å². The van der Waals surface area contributed by atoms with E-state index in [-0.39, 0.29) is 0 Å². The van der Waals surface area contributed by atoms with E-state index >= 15 is 0 Å². The van der Waals surface area contributed by atoms with Gasteiger partial charge in [0.2, 0.25) is 0 Å². The van der Waals surface area contributed by atoms with Crippen molar-refractivity contribution in [2.75, 3.05) is 11.9 Å². The first-order chi connectivity index (χ1) is 7.08. The van der Waals surface area contributed by atoms with Crippen LogP contribution < -0.4 is 5.32 Å². The van der Waals surface area contributed by atoms with Crippen LogP contribution in [0, 0.1) is 12.8 Å². The summed E-state index contributed by atoms with van der Waals surface area (Å²) in [4.78, 5) is 4.39. The van der Waals surface area contributed by atoms with Crippen LogP contribution in [0.3, 0.4) is 0 Å². The average molecular weight is 268 g/mol. The third kappa shape index (κ3) is 5.01. The van der Waals surface area contributed by atoms with Crippen LogP contribution in [-0.4, -0.2) is 27.3 Å². The zero-order valence-electron chi connectivity index (χ0n) is 9.45. The van der Waals surface area contributed by atoms with Crippen LogP contribution in [0.15, 0.2) is 29.3 Å². The van der Waals surface area contributed by atoms with Gasteiger partial charge in [0.15, 0.2) is 0 Å². The zero-order chi connectivity index (χ0) is 11.3. The maximum absolute atomic E-state index is 4.39. The summed E-state index contributed by atoms with van der Waals surface area (Å²) in [5.74, 6) is 0.591. The van der Waals surface area contributed by atoms with Crippen molar-refractivity contribution >= 4 is 26.4 Å². The molecular formula is C12H17N2Se. The van der Waals surface area contributed by atoms with Gasteiger partial charge < -0.3 is 0 Å². The molecule has 2 nitrogen and oxygen atoms in total. The Morgan fingerprint density at radius 3 is 2.47 bits per heavy atom. The Morgan fingerprint density at radius 2 is 1.93 bits per heavy atom. The van der Waals surface area contributed by atoms with Crippen molar-refractivity contribution in [3.8, 4) is 0 Å². The topological polar surface area (TPSA) is 24.4 Å². The van der Waals surface area contributed by atoms with Gasteiger partial charge in [0.1, 0.15) is 0 Å². The summed E-state index contributed by atoms with van der Waals surface area (Å²) in [6.45, 7) is 7.24. The molecule has 0 aliphatic heterocycles. The molecule has 0 fully saturated rings. The SMILES string of the molecule is Cc1ccc(NC([Se])=NCC(C)C)cc1. The van der Waals surface area contributed by atoms with E-state index in [1.807, 2.05) is 0 Å². The summed E-state index contributed by atoms with van der Waals surface area (Å²) in [6, 6.07) is 8.27. The Bertz CT molecular complexity index is 328. The van der Waals surface area contributed by atoms with Crippen LogP contribution in [0.4, 0.5) is 5.69 Å². The molecule has 1 radical (unpaired) electrons. The Labute approximate surface area is 100 Å². The number of anilines is 1. The van der Waals surface area contributed by atoms with Gasteiger partial charge in [-0.2, -0.15) is 0 Å². The zero-order valence-corrected chi connectivity index (χ0v) is 11.2. The average Bonchev–Trinajstić information content (AvgIpc) is 2.19. The summed E-state index contributed by atoms with van der Waals surface area (Å²) < 4.78 is 0.854. The minimum absolute atomic E-state index is 0.591. The fourth-order valence-electron chi connectivity index (χ4n) is 1.07. The Balaban J connectivity index is 2.54. The van der Waals surface area contributed by atoms with Crippen LogP contribution in [0.25, 0.3) is 0 Å². The van der Waals surface area contributed by atoms with Gasteiger partial charge in [-0.15, -0.1) is 0 Å². The second-order valence-electron chi connectivity index (χ2n) is 4.03. The number of nitrogens with zero attached hydrogens (tertiary/aromatic N) is 1. The van der Waals surface area contributed by atoms with E-state index in [0.29, 0.717) is 5.92 Å².